The lowest BCUT2D eigenvalue weighted by Gasteiger charge is -2.43. The van der Waals surface area contributed by atoms with Gasteiger partial charge in [-0.2, -0.15) is 0 Å². The largest absolute Gasteiger partial charge is 0.457 e. The number of esters is 2. The van der Waals surface area contributed by atoms with Crippen molar-refractivity contribution in [3.05, 3.63) is 0 Å². The van der Waals surface area contributed by atoms with Gasteiger partial charge in [0.1, 0.15) is 12.2 Å². The Kier molecular flexibility index (Phi) is 7.03. The van der Waals surface area contributed by atoms with Crippen molar-refractivity contribution in [2.24, 2.45) is 0 Å². The van der Waals surface area contributed by atoms with Crippen LogP contribution in [-0.4, -0.2) is 70.6 Å². The molecule has 0 spiro atoms. The van der Waals surface area contributed by atoms with Crippen molar-refractivity contribution < 1.29 is 38.0 Å². The summed E-state index contributed by atoms with van der Waals surface area (Å²) in [6.07, 6.45) is -3.76. The first kappa shape index (κ1) is 17.8. The van der Waals surface area contributed by atoms with Crippen LogP contribution >= 0.6 is 0 Å². The molecular weight excluding hydrogens is 284 g/mol. The molecule has 21 heavy (non-hydrogen) atoms. The van der Waals surface area contributed by atoms with Gasteiger partial charge in [0.25, 0.3) is 0 Å². The zero-order valence-corrected chi connectivity index (χ0v) is 12.9. The molecule has 1 aliphatic rings. The number of hydrogen-bond donors (Lipinski definition) is 0. The second-order valence-corrected chi connectivity index (χ2v) is 4.58. The molecule has 0 N–H and O–H groups in total. The average Bonchev–Trinajstić information content (AvgIpc) is 2.38. The number of carbonyl (C=O) groups is 2. The summed E-state index contributed by atoms with van der Waals surface area (Å²) in [6, 6.07) is 0. The molecule has 1 heterocycles. The number of ether oxygens (including phenoxy) is 6. The molecule has 122 valence electrons. The maximum atomic E-state index is 11.3. The summed E-state index contributed by atoms with van der Waals surface area (Å²) >= 11 is 0. The van der Waals surface area contributed by atoms with E-state index < -0.39 is 42.6 Å². The van der Waals surface area contributed by atoms with Crippen molar-refractivity contribution >= 4 is 11.9 Å². The van der Waals surface area contributed by atoms with Crippen LogP contribution in [0, 0.1) is 0 Å². The van der Waals surface area contributed by atoms with Gasteiger partial charge in [0.2, 0.25) is 6.29 Å². The lowest BCUT2D eigenvalue weighted by Crippen LogP contribution is -2.62. The second-order valence-electron chi connectivity index (χ2n) is 4.58. The van der Waals surface area contributed by atoms with E-state index in [0.29, 0.717) is 0 Å². The van der Waals surface area contributed by atoms with Gasteiger partial charge in [0.05, 0.1) is 6.61 Å². The van der Waals surface area contributed by atoms with Crippen LogP contribution in [0.4, 0.5) is 0 Å². The number of rotatable bonds is 6. The third-order valence-corrected chi connectivity index (χ3v) is 3.05. The minimum atomic E-state index is -1.01. The SMILES string of the molecule is COCC1OC(OC(C)=O)C(OC)C(OC(C)=O)C1OC. The molecule has 0 amide bonds. The van der Waals surface area contributed by atoms with E-state index in [2.05, 4.69) is 0 Å². The predicted molar refractivity (Wildman–Crippen MR) is 69.5 cm³/mol. The third-order valence-electron chi connectivity index (χ3n) is 3.05. The van der Waals surface area contributed by atoms with Crippen molar-refractivity contribution in [3.63, 3.8) is 0 Å². The highest BCUT2D eigenvalue weighted by molar-refractivity contribution is 5.67. The number of carbonyl (C=O) groups excluding carboxylic acids is 2. The van der Waals surface area contributed by atoms with Gasteiger partial charge in [-0.1, -0.05) is 0 Å². The van der Waals surface area contributed by atoms with E-state index in [1.54, 1.807) is 0 Å². The van der Waals surface area contributed by atoms with E-state index in [0.717, 1.165) is 0 Å². The molecule has 0 aromatic rings. The molecule has 0 aromatic carbocycles. The Morgan fingerprint density at radius 3 is 1.90 bits per heavy atom. The standard InChI is InChI=1S/C13H22O8/c1-7(14)19-11-10(17-4)9(6-16-3)21-13(12(11)18-5)20-8(2)15/h9-13H,6H2,1-5H3. The fraction of sp³-hybridized carbons (Fsp3) is 0.846. The van der Waals surface area contributed by atoms with Crippen molar-refractivity contribution in [3.8, 4) is 0 Å². The Morgan fingerprint density at radius 1 is 0.905 bits per heavy atom. The normalized spacial score (nSPS) is 32.5. The molecule has 8 heteroatoms. The van der Waals surface area contributed by atoms with Crippen molar-refractivity contribution in [1.82, 2.24) is 0 Å². The second kappa shape index (κ2) is 8.28. The first-order valence-electron chi connectivity index (χ1n) is 6.49. The minimum Gasteiger partial charge on any atom is -0.457 e. The van der Waals surface area contributed by atoms with Crippen LogP contribution in [-0.2, 0) is 38.0 Å². The summed E-state index contributed by atoms with van der Waals surface area (Å²) in [5.74, 6) is -1.03. The van der Waals surface area contributed by atoms with E-state index in [-0.39, 0.29) is 6.61 Å². The van der Waals surface area contributed by atoms with Gasteiger partial charge in [0.15, 0.2) is 12.2 Å². The predicted octanol–water partition coefficient (Wildman–Crippen LogP) is -0.117. The molecule has 1 fully saturated rings. The summed E-state index contributed by atoms with van der Waals surface area (Å²) in [7, 11) is 4.37. The first-order valence-corrected chi connectivity index (χ1v) is 6.49. The average molecular weight is 306 g/mol. The van der Waals surface area contributed by atoms with Crippen molar-refractivity contribution in [2.75, 3.05) is 27.9 Å². The lowest BCUT2D eigenvalue weighted by molar-refractivity contribution is -0.302. The fourth-order valence-corrected chi connectivity index (χ4v) is 2.29. The highest BCUT2D eigenvalue weighted by Gasteiger charge is 2.50. The minimum absolute atomic E-state index is 0.185. The molecule has 0 aromatic heterocycles. The molecular formula is C13H22O8. The van der Waals surface area contributed by atoms with Gasteiger partial charge in [0, 0.05) is 35.2 Å². The maximum absolute atomic E-state index is 11.3. The summed E-state index contributed by atoms with van der Waals surface area (Å²) < 4.78 is 31.7. The van der Waals surface area contributed by atoms with Gasteiger partial charge in [-0.05, 0) is 0 Å². The Hall–Kier alpha value is -1.22. The molecule has 8 nitrogen and oxygen atoms in total. The molecule has 1 saturated heterocycles. The Bertz CT molecular complexity index is 358. The molecule has 0 radical (unpaired) electrons. The molecule has 1 aliphatic heterocycles. The number of methoxy groups -OCH3 is 3. The van der Waals surface area contributed by atoms with E-state index in [4.69, 9.17) is 28.4 Å². The summed E-state index contributed by atoms with van der Waals surface area (Å²) in [5, 5.41) is 0. The van der Waals surface area contributed by atoms with Crippen LogP contribution in [0.3, 0.4) is 0 Å². The van der Waals surface area contributed by atoms with Crippen LogP contribution in [0.15, 0.2) is 0 Å². The Balaban J connectivity index is 3.02. The molecule has 0 bridgehead atoms. The highest BCUT2D eigenvalue weighted by Crippen LogP contribution is 2.28. The summed E-state index contributed by atoms with van der Waals surface area (Å²) in [5.41, 5.74) is 0. The van der Waals surface area contributed by atoms with E-state index in [9.17, 15) is 9.59 Å². The van der Waals surface area contributed by atoms with Gasteiger partial charge in [-0.15, -0.1) is 0 Å². The third kappa shape index (κ3) is 4.63. The summed E-state index contributed by atoms with van der Waals surface area (Å²) in [6.45, 7) is 2.72. The van der Waals surface area contributed by atoms with Crippen molar-refractivity contribution in [1.29, 1.82) is 0 Å². The van der Waals surface area contributed by atoms with Crippen LogP contribution in [0.2, 0.25) is 0 Å². The zero-order valence-electron chi connectivity index (χ0n) is 12.9. The molecule has 0 saturated carbocycles. The van der Waals surface area contributed by atoms with Crippen molar-refractivity contribution in [2.45, 2.75) is 44.6 Å². The molecule has 1 rings (SSSR count). The smallest absolute Gasteiger partial charge is 0.305 e. The van der Waals surface area contributed by atoms with E-state index >= 15 is 0 Å². The summed E-state index contributed by atoms with van der Waals surface area (Å²) in [4.78, 5) is 22.5. The van der Waals surface area contributed by atoms with E-state index in [1.807, 2.05) is 0 Å². The van der Waals surface area contributed by atoms with Crippen LogP contribution < -0.4 is 0 Å². The number of hydrogen-bond acceptors (Lipinski definition) is 8. The maximum Gasteiger partial charge on any atom is 0.305 e. The van der Waals surface area contributed by atoms with Gasteiger partial charge in [-0.25, -0.2) is 0 Å². The highest BCUT2D eigenvalue weighted by atomic mass is 16.7. The van der Waals surface area contributed by atoms with Gasteiger partial charge in [-0.3, -0.25) is 9.59 Å². The first-order chi connectivity index (χ1) is 9.94. The Labute approximate surface area is 123 Å². The lowest BCUT2D eigenvalue weighted by atomic mass is 9.98. The zero-order chi connectivity index (χ0) is 16.0. The fourth-order valence-electron chi connectivity index (χ4n) is 2.29. The van der Waals surface area contributed by atoms with Crippen LogP contribution in [0.25, 0.3) is 0 Å². The monoisotopic (exact) mass is 306 g/mol. The van der Waals surface area contributed by atoms with Gasteiger partial charge >= 0.3 is 11.9 Å². The molecule has 0 aliphatic carbocycles. The molecule has 5 unspecified atom stereocenters. The van der Waals surface area contributed by atoms with Crippen LogP contribution in [0.5, 0.6) is 0 Å². The van der Waals surface area contributed by atoms with Crippen LogP contribution in [0.1, 0.15) is 13.8 Å². The Morgan fingerprint density at radius 2 is 1.48 bits per heavy atom. The van der Waals surface area contributed by atoms with Gasteiger partial charge < -0.3 is 28.4 Å². The van der Waals surface area contributed by atoms with E-state index in [1.165, 1.54) is 35.2 Å². The quantitative estimate of drug-likeness (QED) is 0.628. The molecule has 5 atom stereocenters. The topological polar surface area (TPSA) is 89.5 Å².